The number of hydrogen-bond donors (Lipinski definition) is 0. The minimum atomic E-state index is 0.0431. The van der Waals surface area contributed by atoms with Crippen molar-refractivity contribution in [3.8, 4) is 0 Å². The van der Waals surface area contributed by atoms with Crippen molar-refractivity contribution in [1.29, 1.82) is 0 Å². The van der Waals surface area contributed by atoms with Gasteiger partial charge in [0, 0.05) is 18.6 Å². The van der Waals surface area contributed by atoms with Gasteiger partial charge in [-0.2, -0.15) is 0 Å². The molecule has 1 aromatic carbocycles. The van der Waals surface area contributed by atoms with Gasteiger partial charge in [0.25, 0.3) is 5.56 Å². The predicted molar refractivity (Wildman–Crippen MR) is 48.0 cm³/mol. The minimum absolute atomic E-state index is 0.0431. The van der Waals surface area contributed by atoms with Crippen LogP contribution in [0.15, 0.2) is 35.3 Å². The Bertz CT molecular complexity index is 470. The van der Waals surface area contributed by atoms with Crippen LogP contribution in [-0.4, -0.2) is 4.57 Å². The van der Waals surface area contributed by atoms with Gasteiger partial charge in [0.15, 0.2) is 0 Å². The first kappa shape index (κ1) is 7.10. The Morgan fingerprint density at radius 2 is 2.25 bits per heavy atom. The Balaban J connectivity index is 3.01. The Morgan fingerprint density at radius 1 is 1.42 bits per heavy atom. The van der Waals surface area contributed by atoms with Gasteiger partial charge >= 0.3 is 0 Å². The normalized spacial score (nSPS) is 10.4. The number of hydrogen-bond acceptors (Lipinski definition) is 1. The second-order valence-electron chi connectivity index (χ2n) is 2.75. The number of nitrogens with zero attached hydrogens (tertiary/aromatic N) is 1. The third-order valence-electron chi connectivity index (χ3n) is 1.92. The summed E-state index contributed by atoms with van der Waals surface area (Å²) in [5.41, 5.74) is 0.0431. The molecule has 59 valence electrons. The Labute approximate surface area is 70.1 Å². The summed E-state index contributed by atoms with van der Waals surface area (Å²) in [5.74, 6) is 0. The molecule has 0 saturated carbocycles. The van der Waals surface area contributed by atoms with Crippen molar-refractivity contribution in [3.63, 3.8) is 0 Å². The highest BCUT2D eigenvalue weighted by atomic mass is 16.1. The van der Waals surface area contributed by atoms with Gasteiger partial charge in [0.05, 0.1) is 0 Å². The van der Waals surface area contributed by atoms with Gasteiger partial charge in [0.1, 0.15) is 0 Å². The fourth-order valence-corrected chi connectivity index (χ4v) is 1.23. The maximum Gasteiger partial charge on any atom is 0.258 e. The lowest BCUT2D eigenvalue weighted by Crippen LogP contribution is -2.15. The quantitative estimate of drug-likeness (QED) is 0.567. The van der Waals surface area contributed by atoms with Crippen LogP contribution in [0, 0.1) is 6.07 Å². The number of fused-ring (bicyclic) bond motifs is 1. The third-order valence-corrected chi connectivity index (χ3v) is 1.92. The van der Waals surface area contributed by atoms with E-state index in [-0.39, 0.29) is 5.56 Å². The SMILES string of the molecule is Cn1ccc2c[c]ccc2c1=O. The van der Waals surface area contributed by atoms with Crippen LogP contribution in [-0.2, 0) is 7.05 Å². The number of aromatic nitrogens is 1. The zero-order valence-electron chi connectivity index (χ0n) is 6.74. The summed E-state index contributed by atoms with van der Waals surface area (Å²) in [6.07, 6.45) is 1.76. The topological polar surface area (TPSA) is 22.0 Å². The van der Waals surface area contributed by atoms with Gasteiger partial charge in [-0.05, 0) is 29.7 Å². The first-order chi connectivity index (χ1) is 5.79. The molecule has 0 spiro atoms. The number of aryl methyl sites for hydroxylation is 1. The van der Waals surface area contributed by atoms with Gasteiger partial charge in [0.2, 0.25) is 0 Å². The molecule has 12 heavy (non-hydrogen) atoms. The molecule has 1 radical (unpaired) electrons. The number of pyridine rings is 1. The molecular weight excluding hydrogens is 150 g/mol. The molecule has 1 heterocycles. The van der Waals surface area contributed by atoms with Crippen LogP contribution in [0.25, 0.3) is 10.8 Å². The predicted octanol–water partition coefficient (Wildman–Crippen LogP) is 1.34. The first-order valence-corrected chi connectivity index (χ1v) is 3.74. The van der Waals surface area contributed by atoms with E-state index in [0.29, 0.717) is 0 Å². The van der Waals surface area contributed by atoms with Crippen molar-refractivity contribution in [2.24, 2.45) is 7.05 Å². The molecule has 0 N–H and O–H groups in total. The van der Waals surface area contributed by atoms with Crippen LogP contribution >= 0.6 is 0 Å². The fraction of sp³-hybridized carbons (Fsp3) is 0.100. The Kier molecular flexibility index (Phi) is 1.47. The first-order valence-electron chi connectivity index (χ1n) is 3.74. The molecule has 2 rings (SSSR count). The largest absolute Gasteiger partial charge is 0.318 e. The van der Waals surface area contributed by atoms with Crippen molar-refractivity contribution in [2.75, 3.05) is 0 Å². The van der Waals surface area contributed by atoms with E-state index in [1.807, 2.05) is 12.1 Å². The summed E-state index contributed by atoms with van der Waals surface area (Å²) in [4.78, 5) is 11.5. The Hall–Kier alpha value is -1.57. The van der Waals surface area contributed by atoms with E-state index in [4.69, 9.17) is 0 Å². The molecule has 0 fully saturated rings. The molecular formula is C10H8NO. The van der Waals surface area contributed by atoms with Gasteiger partial charge < -0.3 is 4.57 Å². The van der Waals surface area contributed by atoms with Crippen LogP contribution in [0.1, 0.15) is 0 Å². The molecule has 2 heteroatoms. The smallest absolute Gasteiger partial charge is 0.258 e. The summed E-state index contributed by atoms with van der Waals surface area (Å²) >= 11 is 0. The van der Waals surface area contributed by atoms with E-state index in [1.54, 1.807) is 29.9 Å². The van der Waals surface area contributed by atoms with Crippen molar-refractivity contribution in [1.82, 2.24) is 4.57 Å². The van der Waals surface area contributed by atoms with Gasteiger partial charge in [-0.1, -0.05) is 6.07 Å². The second kappa shape index (κ2) is 2.48. The molecule has 1 aromatic heterocycles. The lowest BCUT2D eigenvalue weighted by Gasteiger charge is -1.98. The van der Waals surface area contributed by atoms with Crippen molar-refractivity contribution >= 4 is 10.8 Å². The zero-order chi connectivity index (χ0) is 8.55. The molecule has 2 nitrogen and oxygen atoms in total. The maximum absolute atomic E-state index is 11.5. The van der Waals surface area contributed by atoms with Crippen molar-refractivity contribution in [3.05, 3.63) is 46.9 Å². The van der Waals surface area contributed by atoms with Crippen molar-refractivity contribution in [2.45, 2.75) is 0 Å². The number of benzene rings is 1. The van der Waals surface area contributed by atoms with Crippen LogP contribution < -0.4 is 5.56 Å². The van der Waals surface area contributed by atoms with E-state index in [2.05, 4.69) is 6.07 Å². The highest BCUT2D eigenvalue weighted by molar-refractivity contribution is 5.80. The second-order valence-corrected chi connectivity index (χ2v) is 2.75. The van der Waals surface area contributed by atoms with E-state index in [0.717, 1.165) is 10.8 Å². The highest BCUT2D eigenvalue weighted by Crippen LogP contribution is 2.06. The summed E-state index contributed by atoms with van der Waals surface area (Å²) < 4.78 is 1.57. The van der Waals surface area contributed by atoms with Crippen LogP contribution in [0.3, 0.4) is 0 Å². The molecule has 0 bridgehead atoms. The maximum atomic E-state index is 11.5. The van der Waals surface area contributed by atoms with Crippen LogP contribution in [0.2, 0.25) is 0 Å². The highest BCUT2D eigenvalue weighted by Gasteiger charge is 1.96. The van der Waals surface area contributed by atoms with E-state index in [1.165, 1.54) is 0 Å². The Morgan fingerprint density at radius 3 is 3.08 bits per heavy atom. The van der Waals surface area contributed by atoms with Crippen molar-refractivity contribution < 1.29 is 0 Å². The van der Waals surface area contributed by atoms with E-state index in [9.17, 15) is 4.79 Å². The molecule has 0 aliphatic carbocycles. The molecule has 0 aliphatic heterocycles. The van der Waals surface area contributed by atoms with Gasteiger partial charge in [-0.3, -0.25) is 4.79 Å². The minimum Gasteiger partial charge on any atom is -0.318 e. The van der Waals surface area contributed by atoms with Crippen LogP contribution in [0.4, 0.5) is 0 Å². The molecule has 0 amide bonds. The average Bonchev–Trinajstić information content (AvgIpc) is 2.12. The van der Waals surface area contributed by atoms with Gasteiger partial charge in [-0.15, -0.1) is 0 Å². The molecule has 0 aliphatic rings. The molecule has 2 aromatic rings. The standard InChI is InChI=1S/C10H8NO/c1-11-7-6-8-4-2-3-5-9(8)10(11)12/h3-7H,1H3. The van der Waals surface area contributed by atoms with E-state index < -0.39 is 0 Å². The summed E-state index contributed by atoms with van der Waals surface area (Å²) in [5, 5.41) is 1.69. The summed E-state index contributed by atoms with van der Waals surface area (Å²) in [6, 6.07) is 10.2. The van der Waals surface area contributed by atoms with E-state index >= 15 is 0 Å². The average molecular weight is 158 g/mol. The van der Waals surface area contributed by atoms with Crippen LogP contribution in [0.5, 0.6) is 0 Å². The molecule has 0 unspecified atom stereocenters. The molecule has 0 atom stereocenters. The zero-order valence-corrected chi connectivity index (χ0v) is 6.74. The van der Waals surface area contributed by atoms with Gasteiger partial charge in [-0.25, -0.2) is 0 Å². The summed E-state index contributed by atoms with van der Waals surface area (Å²) in [6.45, 7) is 0. The summed E-state index contributed by atoms with van der Waals surface area (Å²) in [7, 11) is 1.75. The fourth-order valence-electron chi connectivity index (χ4n) is 1.23. The third kappa shape index (κ3) is 0.925. The molecule has 0 saturated heterocycles. The lowest BCUT2D eigenvalue weighted by atomic mass is 10.2. The number of rotatable bonds is 0. The lowest BCUT2D eigenvalue weighted by molar-refractivity contribution is 0.873. The monoisotopic (exact) mass is 158 g/mol.